The number of esters is 1. The predicted molar refractivity (Wildman–Crippen MR) is 49.3 cm³/mol. The molecule has 0 radical (unpaired) electrons. The Morgan fingerprint density at radius 2 is 2.46 bits per heavy atom. The zero-order valence-electron chi connectivity index (χ0n) is 7.83. The van der Waals surface area contributed by atoms with Crippen molar-refractivity contribution in [1.29, 1.82) is 0 Å². The minimum atomic E-state index is -0.731. The van der Waals surface area contributed by atoms with Crippen molar-refractivity contribution >= 4 is 5.97 Å². The van der Waals surface area contributed by atoms with E-state index in [0.717, 1.165) is 0 Å². The van der Waals surface area contributed by atoms with E-state index in [4.69, 9.17) is 10.5 Å². The molecule has 0 saturated carbocycles. The summed E-state index contributed by atoms with van der Waals surface area (Å²) in [6.45, 7) is 3.91. The Balaban J connectivity index is 2.80. The van der Waals surface area contributed by atoms with Crippen molar-refractivity contribution in [3.63, 3.8) is 0 Å². The summed E-state index contributed by atoms with van der Waals surface area (Å²) in [6, 6.07) is 0. The van der Waals surface area contributed by atoms with Gasteiger partial charge in [-0.3, -0.25) is 4.79 Å². The second-order valence-corrected chi connectivity index (χ2v) is 3.08. The van der Waals surface area contributed by atoms with Gasteiger partial charge in [-0.1, -0.05) is 0 Å². The van der Waals surface area contributed by atoms with Gasteiger partial charge in [-0.15, -0.1) is 0 Å². The number of hydrogen-bond donors (Lipinski definition) is 2. The maximum Gasteiger partial charge on any atom is 0.319 e. The molecule has 0 bridgehead atoms. The van der Waals surface area contributed by atoms with Gasteiger partial charge in [0.05, 0.1) is 12.4 Å². The Labute approximate surface area is 77.4 Å². The molecule has 0 aliphatic carbocycles. The number of nitrogens with one attached hydrogen (secondary N) is 1. The molecular formula is C9H14N2O2. The number of hydrogen-bond acceptors (Lipinski definition) is 4. The van der Waals surface area contributed by atoms with E-state index in [9.17, 15) is 4.79 Å². The fourth-order valence-electron chi connectivity index (χ4n) is 1.14. The minimum Gasteiger partial charge on any atom is -0.465 e. The zero-order chi connectivity index (χ0) is 9.90. The molecule has 0 aromatic heterocycles. The quantitative estimate of drug-likeness (QED) is 0.609. The average Bonchev–Trinajstić information content (AvgIpc) is 2.04. The van der Waals surface area contributed by atoms with Gasteiger partial charge in [-0.25, -0.2) is 0 Å². The molecular weight excluding hydrogens is 168 g/mol. The normalized spacial score (nSPS) is 26.2. The van der Waals surface area contributed by atoms with E-state index in [0.29, 0.717) is 12.4 Å². The molecule has 0 aromatic carbocycles. The maximum absolute atomic E-state index is 11.5. The number of dihydropyridines is 1. The highest BCUT2D eigenvalue weighted by Gasteiger charge is 2.31. The molecule has 3 N–H and O–H groups in total. The van der Waals surface area contributed by atoms with Crippen molar-refractivity contribution in [1.82, 2.24) is 5.32 Å². The lowest BCUT2D eigenvalue weighted by molar-refractivity contribution is -0.149. The van der Waals surface area contributed by atoms with Crippen LogP contribution < -0.4 is 11.1 Å². The van der Waals surface area contributed by atoms with Gasteiger partial charge in [-0.2, -0.15) is 0 Å². The highest BCUT2D eigenvalue weighted by molar-refractivity contribution is 5.81. The summed E-state index contributed by atoms with van der Waals surface area (Å²) in [4.78, 5) is 11.5. The fraction of sp³-hybridized carbons (Fsp3) is 0.444. The SMILES string of the molecule is CCOC(=O)C1(C)C=CNC(N)=C1. The molecule has 4 nitrogen and oxygen atoms in total. The number of carbonyl (C=O) groups excluding carboxylic acids is 1. The van der Waals surface area contributed by atoms with E-state index in [1.54, 1.807) is 32.2 Å². The average molecular weight is 182 g/mol. The maximum atomic E-state index is 11.5. The molecule has 1 atom stereocenters. The van der Waals surface area contributed by atoms with E-state index in [1.807, 2.05) is 0 Å². The lowest BCUT2D eigenvalue weighted by Crippen LogP contribution is -2.32. The smallest absolute Gasteiger partial charge is 0.319 e. The first-order valence-corrected chi connectivity index (χ1v) is 4.18. The van der Waals surface area contributed by atoms with Crippen LogP contribution in [0, 0.1) is 5.41 Å². The molecule has 13 heavy (non-hydrogen) atoms. The first kappa shape index (κ1) is 9.64. The van der Waals surface area contributed by atoms with Gasteiger partial charge in [0.25, 0.3) is 0 Å². The van der Waals surface area contributed by atoms with Gasteiger partial charge in [0.2, 0.25) is 0 Å². The van der Waals surface area contributed by atoms with E-state index < -0.39 is 5.41 Å². The molecule has 1 aliphatic rings. The van der Waals surface area contributed by atoms with E-state index in [1.165, 1.54) is 0 Å². The monoisotopic (exact) mass is 182 g/mol. The lowest BCUT2D eigenvalue weighted by Gasteiger charge is -2.23. The third-order valence-electron chi connectivity index (χ3n) is 1.85. The molecule has 0 aromatic rings. The second kappa shape index (κ2) is 3.51. The fourth-order valence-corrected chi connectivity index (χ4v) is 1.14. The topological polar surface area (TPSA) is 64.3 Å². The van der Waals surface area contributed by atoms with Crippen LogP contribution in [0.2, 0.25) is 0 Å². The molecule has 1 rings (SSSR count). The predicted octanol–water partition coefficient (Wildman–Crippen LogP) is 0.473. The Morgan fingerprint density at radius 1 is 1.77 bits per heavy atom. The van der Waals surface area contributed by atoms with Crippen LogP contribution in [0.3, 0.4) is 0 Å². The summed E-state index contributed by atoms with van der Waals surface area (Å²) in [5, 5.41) is 2.78. The third-order valence-corrected chi connectivity index (χ3v) is 1.85. The third kappa shape index (κ3) is 2.02. The van der Waals surface area contributed by atoms with E-state index in [2.05, 4.69) is 5.32 Å². The van der Waals surface area contributed by atoms with Gasteiger partial charge in [-0.05, 0) is 32.2 Å². The zero-order valence-corrected chi connectivity index (χ0v) is 7.83. The Morgan fingerprint density at radius 3 is 3.00 bits per heavy atom. The van der Waals surface area contributed by atoms with Crippen molar-refractivity contribution in [2.24, 2.45) is 11.1 Å². The van der Waals surface area contributed by atoms with Crippen molar-refractivity contribution in [2.45, 2.75) is 13.8 Å². The second-order valence-electron chi connectivity index (χ2n) is 3.08. The molecule has 0 fully saturated rings. The van der Waals surface area contributed by atoms with Crippen LogP contribution in [0.4, 0.5) is 0 Å². The van der Waals surface area contributed by atoms with Crippen molar-refractivity contribution in [2.75, 3.05) is 6.61 Å². The number of carbonyl (C=O) groups is 1. The van der Waals surface area contributed by atoms with Gasteiger partial charge >= 0.3 is 5.97 Å². The molecule has 1 heterocycles. The number of ether oxygens (including phenoxy) is 1. The number of nitrogens with two attached hydrogens (primary N) is 1. The Kier molecular flexibility index (Phi) is 2.60. The highest BCUT2D eigenvalue weighted by Crippen LogP contribution is 2.24. The van der Waals surface area contributed by atoms with Gasteiger partial charge in [0.15, 0.2) is 0 Å². The van der Waals surface area contributed by atoms with Crippen LogP contribution in [0.15, 0.2) is 24.2 Å². The molecule has 0 spiro atoms. The molecule has 0 saturated heterocycles. The summed E-state index contributed by atoms with van der Waals surface area (Å²) in [5.74, 6) is 0.189. The van der Waals surface area contributed by atoms with Gasteiger partial charge < -0.3 is 15.8 Å². The van der Waals surface area contributed by atoms with Gasteiger partial charge in [0, 0.05) is 0 Å². The Bertz CT molecular complexity index is 271. The molecule has 1 unspecified atom stereocenters. The number of rotatable bonds is 2. The first-order valence-electron chi connectivity index (χ1n) is 4.18. The summed E-state index contributed by atoms with van der Waals surface area (Å²) in [5.41, 5.74) is 4.80. The molecule has 1 aliphatic heterocycles. The summed E-state index contributed by atoms with van der Waals surface area (Å²) in [6.07, 6.45) is 5.01. The van der Waals surface area contributed by atoms with E-state index in [-0.39, 0.29) is 5.97 Å². The van der Waals surface area contributed by atoms with Crippen molar-refractivity contribution in [3.8, 4) is 0 Å². The summed E-state index contributed by atoms with van der Waals surface area (Å²) >= 11 is 0. The van der Waals surface area contributed by atoms with Crippen molar-refractivity contribution in [3.05, 3.63) is 24.2 Å². The lowest BCUT2D eigenvalue weighted by atomic mass is 9.89. The van der Waals surface area contributed by atoms with Crippen LogP contribution in [-0.4, -0.2) is 12.6 Å². The first-order chi connectivity index (χ1) is 6.08. The van der Waals surface area contributed by atoms with Crippen LogP contribution in [0.25, 0.3) is 0 Å². The Hall–Kier alpha value is -1.45. The highest BCUT2D eigenvalue weighted by atomic mass is 16.5. The largest absolute Gasteiger partial charge is 0.465 e. The van der Waals surface area contributed by atoms with Crippen LogP contribution in [-0.2, 0) is 9.53 Å². The molecule has 4 heteroatoms. The van der Waals surface area contributed by atoms with E-state index >= 15 is 0 Å². The standard InChI is InChI=1S/C9H14N2O2/c1-3-13-8(12)9(2)4-5-11-7(10)6-9/h4-6,11H,3,10H2,1-2H3. The van der Waals surface area contributed by atoms with Gasteiger partial charge in [0.1, 0.15) is 5.41 Å². The summed E-state index contributed by atoms with van der Waals surface area (Å²) in [7, 11) is 0. The molecule has 0 amide bonds. The minimum absolute atomic E-state index is 0.282. The van der Waals surface area contributed by atoms with Crippen LogP contribution in [0.5, 0.6) is 0 Å². The van der Waals surface area contributed by atoms with Crippen molar-refractivity contribution < 1.29 is 9.53 Å². The molecule has 72 valence electrons. The van der Waals surface area contributed by atoms with Crippen LogP contribution in [0.1, 0.15) is 13.8 Å². The van der Waals surface area contributed by atoms with Crippen LogP contribution >= 0.6 is 0 Å². The summed E-state index contributed by atoms with van der Waals surface area (Å²) < 4.78 is 4.91.